The Labute approximate surface area is 150 Å². The molecule has 3 aromatic rings. The van der Waals surface area contributed by atoms with Crippen molar-refractivity contribution in [1.29, 1.82) is 0 Å². The van der Waals surface area contributed by atoms with E-state index in [1.165, 1.54) is 12.1 Å². The average Bonchev–Trinajstić information content (AvgIpc) is 2.92. The third-order valence-electron chi connectivity index (χ3n) is 3.42. The van der Waals surface area contributed by atoms with Crippen LogP contribution in [0.3, 0.4) is 0 Å². The first-order chi connectivity index (χ1) is 12.6. The van der Waals surface area contributed by atoms with Crippen molar-refractivity contribution in [2.45, 2.75) is 11.3 Å². The lowest BCUT2D eigenvalue weighted by Crippen LogP contribution is -2.18. The summed E-state index contributed by atoms with van der Waals surface area (Å²) in [7, 11) is -4.25. The van der Waals surface area contributed by atoms with E-state index in [1.807, 2.05) is 0 Å². The molecule has 2 aromatic carbocycles. The minimum absolute atomic E-state index is 0.159. The topological polar surface area (TPSA) is 112 Å². The highest BCUT2D eigenvalue weighted by Gasteiger charge is 2.31. The maximum absolute atomic E-state index is 12.5. The molecule has 0 spiro atoms. The Balaban J connectivity index is 1.97. The van der Waals surface area contributed by atoms with Crippen LogP contribution in [-0.2, 0) is 10.0 Å². The van der Waals surface area contributed by atoms with Gasteiger partial charge in [-0.15, -0.1) is 13.2 Å². The van der Waals surface area contributed by atoms with Gasteiger partial charge in [0.1, 0.15) is 17.0 Å². The number of para-hydroxylation sites is 1. The number of nitrogens with one attached hydrogen (secondary N) is 1. The summed E-state index contributed by atoms with van der Waals surface area (Å²) in [5, 5.41) is 0.298. The first-order valence-electron chi connectivity index (χ1n) is 7.27. The van der Waals surface area contributed by atoms with Gasteiger partial charge >= 0.3 is 6.36 Å². The number of hydrogen-bond donors (Lipinski definition) is 2. The fourth-order valence-corrected chi connectivity index (χ4v) is 3.42. The summed E-state index contributed by atoms with van der Waals surface area (Å²) in [5.41, 5.74) is 5.30. The van der Waals surface area contributed by atoms with Crippen molar-refractivity contribution < 1.29 is 35.5 Å². The highest BCUT2D eigenvalue weighted by molar-refractivity contribution is 7.92. The number of nitrogens with two attached hydrogens (primary N) is 1. The van der Waals surface area contributed by atoms with Crippen molar-refractivity contribution >= 4 is 32.6 Å². The van der Waals surface area contributed by atoms with Crippen molar-refractivity contribution in [3.63, 3.8) is 0 Å². The van der Waals surface area contributed by atoms with Crippen molar-refractivity contribution in [2.24, 2.45) is 5.73 Å². The Kier molecular flexibility index (Phi) is 4.47. The van der Waals surface area contributed by atoms with Crippen LogP contribution in [0, 0.1) is 0 Å². The zero-order valence-electron chi connectivity index (χ0n) is 13.3. The molecule has 27 heavy (non-hydrogen) atoms. The van der Waals surface area contributed by atoms with E-state index in [2.05, 4.69) is 9.46 Å². The summed E-state index contributed by atoms with van der Waals surface area (Å²) in [4.78, 5) is 11.2. The third-order valence-corrected chi connectivity index (χ3v) is 4.79. The van der Waals surface area contributed by atoms with Crippen LogP contribution in [0.25, 0.3) is 11.0 Å². The number of sulfonamides is 1. The van der Waals surface area contributed by atoms with Crippen molar-refractivity contribution in [3.05, 3.63) is 54.3 Å². The number of furan rings is 1. The van der Waals surface area contributed by atoms with Gasteiger partial charge in [-0.2, -0.15) is 0 Å². The van der Waals surface area contributed by atoms with E-state index in [4.69, 9.17) is 10.2 Å². The number of rotatable bonds is 5. The quantitative estimate of drug-likeness (QED) is 0.683. The number of fused-ring (bicyclic) bond motifs is 1. The molecule has 0 saturated carbocycles. The Morgan fingerprint density at radius 2 is 1.70 bits per heavy atom. The molecule has 1 aromatic heterocycles. The predicted molar refractivity (Wildman–Crippen MR) is 88.7 cm³/mol. The minimum Gasteiger partial charge on any atom is -0.449 e. The summed E-state index contributed by atoms with van der Waals surface area (Å²) in [6, 6.07) is 9.81. The Bertz CT molecular complexity index is 1110. The molecule has 0 bridgehead atoms. The van der Waals surface area contributed by atoms with Gasteiger partial charge in [-0.25, -0.2) is 8.42 Å². The molecule has 3 rings (SSSR count). The molecule has 1 amide bonds. The first kappa shape index (κ1) is 18.6. The predicted octanol–water partition coefficient (Wildman–Crippen LogP) is 3.23. The summed E-state index contributed by atoms with van der Waals surface area (Å²) in [5.74, 6) is -1.96. The highest BCUT2D eigenvalue weighted by atomic mass is 32.2. The van der Waals surface area contributed by atoms with Crippen LogP contribution in [0.1, 0.15) is 10.6 Å². The summed E-state index contributed by atoms with van der Waals surface area (Å²) in [6.07, 6.45) is -4.90. The number of halogens is 3. The van der Waals surface area contributed by atoms with Gasteiger partial charge in [0.25, 0.3) is 15.9 Å². The van der Waals surface area contributed by atoms with Gasteiger partial charge in [-0.3, -0.25) is 9.52 Å². The molecular weight excluding hydrogens is 389 g/mol. The molecule has 0 aliphatic carbocycles. The number of alkyl halides is 3. The number of benzene rings is 2. The molecule has 3 N–H and O–H groups in total. The largest absolute Gasteiger partial charge is 0.573 e. The second-order valence-electron chi connectivity index (χ2n) is 5.29. The standard InChI is InChI=1S/C16H11F3N2O5S/c17-16(18,19)26-9-5-7-10(8-6-9)27(23,24)21-13-11-3-1-2-4-12(11)25-14(13)15(20)22/h1-8,21H,(H2,20,22). The van der Waals surface area contributed by atoms with E-state index in [0.29, 0.717) is 5.39 Å². The summed E-state index contributed by atoms with van der Waals surface area (Å²) in [6.45, 7) is 0. The third kappa shape index (κ3) is 3.97. The van der Waals surface area contributed by atoms with Crippen LogP contribution < -0.4 is 15.2 Å². The normalized spacial score (nSPS) is 12.1. The minimum atomic E-state index is -4.90. The smallest absolute Gasteiger partial charge is 0.449 e. The van der Waals surface area contributed by atoms with E-state index in [1.54, 1.807) is 12.1 Å². The Morgan fingerprint density at radius 1 is 1.07 bits per heavy atom. The van der Waals surface area contributed by atoms with Gasteiger partial charge < -0.3 is 14.9 Å². The van der Waals surface area contributed by atoms with Crippen molar-refractivity contribution in [2.75, 3.05) is 4.72 Å². The highest BCUT2D eigenvalue weighted by Crippen LogP contribution is 2.32. The summed E-state index contributed by atoms with van der Waals surface area (Å²) < 4.78 is 72.8. The molecule has 0 saturated heterocycles. The molecule has 0 aliphatic heterocycles. The van der Waals surface area contributed by atoms with E-state index in [0.717, 1.165) is 24.3 Å². The maximum Gasteiger partial charge on any atom is 0.573 e. The van der Waals surface area contributed by atoms with E-state index < -0.39 is 33.8 Å². The second kappa shape index (κ2) is 6.50. The molecule has 0 aliphatic rings. The number of hydrogen-bond acceptors (Lipinski definition) is 5. The van der Waals surface area contributed by atoms with Crippen LogP contribution in [0.2, 0.25) is 0 Å². The van der Waals surface area contributed by atoms with Crippen molar-refractivity contribution in [1.82, 2.24) is 0 Å². The average molecular weight is 400 g/mol. The van der Waals surface area contributed by atoms with E-state index in [9.17, 15) is 26.4 Å². The number of amides is 1. The molecule has 0 atom stereocenters. The van der Waals surface area contributed by atoms with Crippen LogP contribution in [0.15, 0.2) is 57.8 Å². The fourth-order valence-electron chi connectivity index (χ4n) is 2.33. The number of carbonyl (C=O) groups excluding carboxylic acids is 1. The lowest BCUT2D eigenvalue weighted by molar-refractivity contribution is -0.274. The molecular formula is C16H11F3N2O5S. The molecule has 1 heterocycles. The van der Waals surface area contributed by atoms with Crippen molar-refractivity contribution in [3.8, 4) is 5.75 Å². The van der Waals surface area contributed by atoms with Crippen LogP contribution >= 0.6 is 0 Å². The number of ether oxygens (including phenoxy) is 1. The summed E-state index contributed by atoms with van der Waals surface area (Å²) >= 11 is 0. The van der Waals surface area contributed by atoms with Gasteiger partial charge in [-0.1, -0.05) is 12.1 Å². The number of carbonyl (C=O) groups is 1. The van der Waals surface area contributed by atoms with Gasteiger partial charge in [0.2, 0.25) is 5.76 Å². The number of primary amides is 1. The van der Waals surface area contributed by atoms with Gasteiger partial charge in [0.15, 0.2) is 0 Å². The van der Waals surface area contributed by atoms with E-state index >= 15 is 0 Å². The number of anilines is 1. The monoisotopic (exact) mass is 400 g/mol. The van der Waals surface area contributed by atoms with Crippen LogP contribution in [0.5, 0.6) is 5.75 Å². The second-order valence-corrected chi connectivity index (χ2v) is 6.97. The maximum atomic E-state index is 12.5. The molecule has 142 valence electrons. The SMILES string of the molecule is NC(=O)c1oc2ccccc2c1NS(=O)(=O)c1ccc(OC(F)(F)F)cc1. The Hall–Kier alpha value is -3.21. The zero-order valence-corrected chi connectivity index (χ0v) is 14.1. The van der Waals surface area contributed by atoms with Gasteiger partial charge in [0.05, 0.1) is 4.90 Å². The zero-order chi connectivity index (χ0) is 19.8. The molecule has 0 radical (unpaired) electrons. The Morgan fingerprint density at radius 3 is 2.30 bits per heavy atom. The molecule has 11 heteroatoms. The lowest BCUT2D eigenvalue weighted by Gasteiger charge is -2.10. The fraction of sp³-hybridized carbons (Fsp3) is 0.0625. The van der Waals surface area contributed by atoms with Gasteiger partial charge in [-0.05, 0) is 36.4 Å². The van der Waals surface area contributed by atoms with Crippen LogP contribution in [-0.4, -0.2) is 20.7 Å². The first-order valence-corrected chi connectivity index (χ1v) is 8.75. The van der Waals surface area contributed by atoms with Crippen LogP contribution in [0.4, 0.5) is 18.9 Å². The molecule has 7 nitrogen and oxygen atoms in total. The van der Waals surface area contributed by atoms with E-state index in [-0.39, 0.29) is 16.2 Å². The van der Waals surface area contributed by atoms with Gasteiger partial charge in [0, 0.05) is 5.39 Å². The lowest BCUT2D eigenvalue weighted by atomic mass is 10.2. The molecule has 0 unspecified atom stereocenters. The molecule has 0 fully saturated rings.